The van der Waals surface area contributed by atoms with Crippen molar-refractivity contribution in [3.63, 3.8) is 0 Å². The number of amides is 1. The van der Waals surface area contributed by atoms with Crippen LogP contribution in [0.3, 0.4) is 0 Å². The normalized spacial score (nSPS) is 19.5. The lowest BCUT2D eigenvalue weighted by Crippen LogP contribution is -2.49. The molecule has 14 heteroatoms. The highest BCUT2D eigenvalue weighted by molar-refractivity contribution is 7.99. The summed E-state index contributed by atoms with van der Waals surface area (Å²) in [5, 5.41) is 3.34. The number of nitrogens with zero attached hydrogens (tertiary/aromatic N) is 2. The van der Waals surface area contributed by atoms with Gasteiger partial charge < -0.3 is 19.7 Å². The number of hydrogen-bond donors (Lipinski definition) is 1. The van der Waals surface area contributed by atoms with E-state index < -0.39 is 39.8 Å². The third-order valence-electron chi connectivity index (χ3n) is 8.39. The molecule has 1 saturated heterocycles. The molecular weight excluding hydrogens is 660 g/mol. The van der Waals surface area contributed by atoms with Crippen LogP contribution in [0.25, 0.3) is 6.08 Å². The molecule has 264 valence electrons. The van der Waals surface area contributed by atoms with E-state index in [1.54, 1.807) is 25.1 Å². The summed E-state index contributed by atoms with van der Waals surface area (Å²) in [5.74, 6) is -0.960. The first-order valence-corrected chi connectivity index (χ1v) is 16.9. The molecule has 0 aromatic heterocycles. The van der Waals surface area contributed by atoms with Gasteiger partial charge in [0.05, 0.1) is 30.3 Å². The highest BCUT2D eigenvalue weighted by atomic mass is 32.2. The number of anilines is 1. The molecule has 1 N–H and O–H groups in total. The van der Waals surface area contributed by atoms with Gasteiger partial charge in [0.15, 0.2) is 0 Å². The summed E-state index contributed by atoms with van der Waals surface area (Å²) in [6.45, 7) is 7.56. The van der Waals surface area contributed by atoms with Gasteiger partial charge in [0.2, 0.25) is 5.91 Å². The van der Waals surface area contributed by atoms with E-state index in [2.05, 4.69) is 10.2 Å². The van der Waals surface area contributed by atoms with Crippen molar-refractivity contribution in [1.82, 2.24) is 9.80 Å². The van der Waals surface area contributed by atoms with Crippen LogP contribution in [0.4, 0.5) is 32.0 Å². The van der Waals surface area contributed by atoms with Gasteiger partial charge in [-0.15, -0.1) is 0 Å². The van der Waals surface area contributed by atoms with Crippen LogP contribution >= 0.6 is 11.8 Å². The molecule has 0 spiro atoms. The largest absolute Gasteiger partial charge is 0.466 e. The number of halogens is 6. The predicted octanol–water partition coefficient (Wildman–Crippen LogP) is 7.60. The highest BCUT2D eigenvalue weighted by Crippen LogP contribution is 2.48. The zero-order valence-electron chi connectivity index (χ0n) is 27.0. The van der Waals surface area contributed by atoms with E-state index in [0.29, 0.717) is 101 Å². The Morgan fingerprint density at radius 2 is 1.60 bits per heavy atom. The molecule has 2 fully saturated rings. The molecule has 1 amide bonds. The minimum atomic E-state index is -5.35. The van der Waals surface area contributed by atoms with Crippen molar-refractivity contribution in [2.75, 3.05) is 57.9 Å². The average molecular weight is 702 g/mol. The van der Waals surface area contributed by atoms with Gasteiger partial charge in [0.25, 0.3) is 0 Å². The second-order valence-electron chi connectivity index (χ2n) is 11.7. The summed E-state index contributed by atoms with van der Waals surface area (Å²) in [7, 11) is 0. The van der Waals surface area contributed by atoms with Crippen LogP contribution in [0.5, 0.6) is 0 Å². The van der Waals surface area contributed by atoms with Crippen LogP contribution in [0.2, 0.25) is 0 Å². The van der Waals surface area contributed by atoms with Crippen LogP contribution in [0, 0.1) is 5.92 Å². The van der Waals surface area contributed by atoms with E-state index in [-0.39, 0.29) is 17.9 Å². The maximum absolute atomic E-state index is 14.4. The summed E-state index contributed by atoms with van der Waals surface area (Å²) < 4.78 is 96.8. The van der Waals surface area contributed by atoms with Gasteiger partial charge in [-0.2, -0.15) is 26.3 Å². The van der Waals surface area contributed by atoms with Gasteiger partial charge in [-0.1, -0.05) is 23.9 Å². The number of esters is 1. The highest BCUT2D eigenvalue weighted by Gasteiger charge is 2.46. The second-order valence-corrected chi connectivity index (χ2v) is 12.8. The van der Waals surface area contributed by atoms with Crippen molar-refractivity contribution in [3.05, 3.63) is 59.2 Å². The molecule has 0 unspecified atom stereocenters. The van der Waals surface area contributed by atoms with Gasteiger partial charge in [0, 0.05) is 66.9 Å². The van der Waals surface area contributed by atoms with Crippen LogP contribution < -0.4 is 5.32 Å². The molecule has 1 heterocycles. The Labute approximate surface area is 281 Å². The molecule has 0 bridgehead atoms. The van der Waals surface area contributed by atoms with Gasteiger partial charge >= 0.3 is 18.3 Å². The van der Waals surface area contributed by atoms with Gasteiger partial charge in [0.1, 0.15) is 0 Å². The van der Waals surface area contributed by atoms with Crippen molar-refractivity contribution in [1.29, 1.82) is 0 Å². The number of carbonyl (C=O) groups excluding carboxylic acids is 2. The number of benzene rings is 2. The summed E-state index contributed by atoms with van der Waals surface area (Å²) in [6.07, 6.45) is -6.29. The van der Waals surface area contributed by atoms with E-state index in [1.807, 2.05) is 6.92 Å². The lowest BCUT2D eigenvalue weighted by molar-refractivity contribution is -0.163. The topological polar surface area (TPSA) is 71.1 Å². The lowest BCUT2D eigenvalue weighted by atomic mass is 9.86. The Hall–Kier alpha value is -3.23. The fourth-order valence-corrected chi connectivity index (χ4v) is 6.99. The molecule has 48 heavy (non-hydrogen) atoms. The SMILES string of the molecule is CCOCCN1CCN(C(=O)/C=C/c2ccc(Sc3cccc(NC4CCC(C(=O)OCC)CC4)c3)c(C(F)(F)F)c2C(F)(F)F)CC1. The van der Waals surface area contributed by atoms with Crippen LogP contribution in [-0.4, -0.2) is 80.3 Å². The number of carbonyl (C=O) groups is 2. The first-order chi connectivity index (χ1) is 22.8. The fraction of sp³-hybridized carbons (Fsp3) is 0.529. The summed E-state index contributed by atoms with van der Waals surface area (Å²) >= 11 is 0.586. The zero-order valence-corrected chi connectivity index (χ0v) is 27.8. The van der Waals surface area contributed by atoms with Gasteiger partial charge in [-0.25, -0.2) is 0 Å². The van der Waals surface area contributed by atoms with E-state index >= 15 is 0 Å². The molecule has 2 aromatic rings. The van der Waals surface area contributed by atoms with E-state index in [9.17, 15) is 35.9 Å². The van der Waals surface area contributed by atoms with Crippen LogP contribution in [-0.2, 0) is 31.4 Å². The predicted molar refractivity (Wildman–Crippen MR) is 172 cm³/mol. The zero-order chi connectivity index (χ0) is 34.9. The Bertz CT molecular complexity index is 1420. The Morgan fingerprint density at radius 3 is 2.23 bits per heavy atom. The molecule has 2 aromatic carbocycles. The number of hydrogen-bond acceptors (Lipinski definition) is 7. The number of nitrogens with one attached hydrogen (secondary N) is 1. The average Bonchev–Trinajstić information content (AvgIpc) is 3.04. The number of alkyl halides is 6. The molecule has 1 aliphatic carbocycles. The quantitative estimate of drug-likeness (QED) is 0.106. The fourth-order valence-electron chi connectivity index (χ4n) is 5.95. The van der Waals surface area contributed by atoms with Gasteiger partial charge in [-0.05, 0) is 75.4 Å². The first kappa shape index (κ1) is 37.6. The Kier molecular flexibility index (Phi) is 13.3. The maximum atomic E-state index is 14.4. The minimum Gasteiger partial charge on any atom is -0.466 e. The Balaban J connectivity index is 1.50. The standard InChI is InChI=1S/C34H41F6N3O4S/c1-3-46-21-20-42-16-18-43(19-17-42)29(44)15-11-23-10-14-28(31(34(38,39)40)30(23)33(35,36)37)48-27-7-5-6-26(22-27)41-25-12-8-24(9-13-25)32(45)47-4-2/h5-7,10-11,14-15,22,24-25,41H,3-4,8-9,12-13,16-21H2,1-2H3/b15-11+. The summed E-state index contributed by atoms with van der Waals surface area (Å²) in [4.78, 5) is 28.1. The summed E-state index contributed by atoms with van der Waals surface area (Å²) in [6, 6.07) is 8.49. The first-order valence-electron chi connectivity index (χ1n) is 16.1. The van der Waals surface area contributed by atoms with E-state index in [4.69, 9.17) is 9.47 Å². The third-order valence-corrected chi connectivity index (χ3v) is 9.44. The smallest absolute Gasteiger partial charge is 0.418 e. The lowest BCUT2D eigenvalue weighted by Gasteiger charge is -2.34. The number of ether oxygens (including phenoxy) is 2. The van der Waals surface area contributed by atoms with Crippen molar-refractivity contribution in [2.24, 2.45) is 5.92 Å². The molecule has 1 saturated carbocycles. The second kappa shape index (κ2) is 16.9. The molecule has 7 nitrogen and oxygen atoms in total. The third kappa shape index (κ3) is 10.4. The summed E-state index contributed by atoms with van der Waals surface area (Å²) in [5.41, 5.74) is -3.76. The van der Waals surface area contributed by atoms with Crippen LogP contribution in [0.15, 0.2) is 52.3 Å². The van der Waals surface area contributed by atoms with Crippen molar-refractivity contribution < 1.29 is 45.4 Å². The molecule has 2 aliphatic rings. The molecule has 0 radical (unpaired) electrons. The van der Waals surface area contributed by atoms with E-state index in [1.165, 1.54) is 11.0 Å². The van der Waals surface area contributed by atoms with Crippen molar-refractivity contribution in [3.8, 4) is 0 Å². The molecule has 0 atom stereocenters. The maximum Gasteiger partial charge on any atom is 0.418 e. The minimum absolute atomic E-state index is 0.0246. The van der Waals surface area contributed by atoms with Crippen molar-refractivity contribution >= 4 is 35.4 Å². The van der Waals surface area contributed by atoms with E-state index in [0.717, 1.165) is 24.3 Å². The molecule has 4 rings (SSSR count). The number of rotatable bonds is 12. The Morgan fingerprint density at radius 1 is 0.917 bits per heavy atom. The number of piperazine rings is 1. The molecule has 1 aliphatic heterocycles. The van der Waals surface area contributed by atoms with Crippen molar-refractivity contribution in [2.45, 2.75) is 67.7 Å². The van der Waals surface area contributed by atoms with Gasteiger partial charge in [-0.3, -0.25) is 14.5 Å². The monoisotopic (exact) mass is 701 g/mol. The molecular formula is C34H41F6N3O4S. The van der Waals surface area contributed by atoms with Crippen LogP contribution in [0.1, 0.15) is 56.2 Å².